The molecule has 0 bridgehead atoms. The highest BCUT2D eigenvalue weighted by molar-refractivity contribution is 7.12. The van der Waals surface area contributed by atoms with E-state index in [1.54, 1.807) is 4.90 Å². The molecule has 0 radical (unpaired) electrons. The molecule has 1 saturated heterocycles. The maximum atomic E-state index is 12.3. The molecule has 1 amide bonds. The first kappa shape index (κ1) is 13.1. The Morgan fingerprint density at radius 2 is 2.17 bits per heavy atom. The van der Waals surface area contributed by atoms with Crippen LogP contribution in [0.3, 0.4) is 0 Å². The molecule has 2 heterocycles. The number of methoxy groups -OCH3 is 1. The summed E-state index contributed by atoms with van der Waals surface area (Å²) < 4.78 is 4.77. The predicted octanol–water partition coefficient (Wildman–Crippen LogP) is 1.94. The van der Waals surface area contributed by atoms with Gasteiger partial charge < -0.3 is 9.64 Å². The summed E-state index contributed by atoms with van der Waals surface area (Å²) in [5, 5.41) is 1.92. The Labute approximate surface area is 111 Å². The number of amides is 1. The normalized spacial score (nSPS) is 23.2. The zero-order valence-electron chi connectivity index (χ0n) is 10.8. The standard InChI is InChI=1S/C13H17NO3S/c1-8-4-5-18-11(8)12(15)14-6-9(2)10(7-14)13(16)17-3/h4-5,9-10H,6-7H2,1-3H3. The molecule has 1 fully saturated rings. The van der Waals surface area contributed by atoms with E-state index in [0.29, 0.717) is 13.1 Å². The van der Waals surface area contributed by atoms with E-state index < -0.39 is 0 Å². The van der Waals surface area contributed by atoms with E-state index in [0.717, 1.165) is 10.4 Å². The molecule has 1 aromatic rings. The Hall–Kier alpha value is -1.36. The topological polar surface area (TPSA) is 46.6 Å². The third-order valence-corrected chi connectivity index (χ3v) is 4.46. The average Bonchev–Trinajstić information content (AvgIpc) is 2.93. The van der Waals surface area contributed by atoms with Gasteiger partial charge in [0.05, 0.1) is 17.9 Å². The second kappa shape index (κ2) is 5.10. The molecule has 4 nitrogen and oxygen atoms in total. The van der Waals surface area contributed by atoms with Crippen molar-refractivity contribution in [2.75, 3.05) is 20.2 Å². The first-order valence-electron chi connectivity index (χ1n) is 5.95. The molecule has 2 unspecified atom stereocenters. The molecule has 0 aromatic carbocycles. The molecule has 2 rings (SSSR count). The first-order chi connectivity index (χ1) is 8.54. The van der Waals surface area contributed by atoms with Crippen molar-refractivity contribution in [1.82, 2.24) is 4.90 Å². The zero-order chi connectivity index (χ0) is 13.3. The molecule has 0 N–H and O–H groups in total. The van der Waals surface area contributed by atoms with Crippen LogP contribution in [-0.2, 0) is 9.53 Å². The monoisotopic (exact) mass is 267 g/mol. The van der Waals surface area contributed by atoms with E-state index in [-0.39, 0.29) is 23.7 Å². The van der Waals surface area contributed by atoms with Gasteiger partial charge >= 0.3 is 5.97 Å². The Balaban J connectivity index is 2.11. The van der Waals surface area contributed by atoms with Crippen molar-refractivity contribution in [3.63, 3.8) is 0 Å². The summed E-state index contributed by atoms with van der Waals surface area (Å²) in [4.78, 5) is 26.4. The van der Waals surface area contributed by atoms with Crippen molar-refractivity contribution < 1.29 is 14.3 Å². The summed E-state index contributed by atoms with van der Waals surface area (Å²) in [7, 11) is 1.39. The van der Waals surface area contributed by atoms with Crippen LogP contribution >= 0.6 is 11.3 Å². The number of ether oxygens (including phenoxy) is 1. The maximum Gasteiger partial charge on any atom is 0.310 e. The van der Waals surface area contributed by atoms with Crippen molar-refractivity contribution >= 4 is 23.2 Å². The van der Waals surface area contributed by atoms with Gasteiger partial charge in [-0.25, -0.2) is 0 Å². The fraction of sp³-hybridized carbons (Fsp3) is 0.538. The van der Waals surface area contributed by atoms with Crippen LogP contribution < -0.4 is 0 Å². The summed E-state index contributed by atoms with van der Waals surface area (Å²) in [5.74, 6) is -0.234. The number of thiophene rings is 1. The minimum atomic E-state index is -0.222. The molecule has 0 spiro atoms. The van der Waals surface area contributed by atoms with Crippen LogP contribution in [0.4, 0.5) is 0 Å². The van der Waals surface area contributed by atoms with Crippen LogP contribution in [0.15, 0.2) is 11.4 Å². The minimum absolute atomic E-state index is 0.0285. The smallest absolute Gasteiger partial charge is 0.310 e. The number of esters is 1. The lowest BCUT2D eigenvalue weighted by Crippen LogP contribution is -2.30. The fourth-order valence-corrected chi connectivity index (χ4v) is 3.22. The highest BCUT2D eigenvalue weighted by Crippen LogP contribution is 2.27. The molecule has 1 aromatic heterocycles. The SMILES string of the molecule is COC(=O)C1CN(C(=O)c2sccc2C)CC1C. The van der Waals surface area contributed by atoms with Crippen LogP contribution in [0.25, 0.3) is 0 Å². The molecular weight excluding hydrogens is 250 g/mol. The van der Waals surface area contributed by atoms with Crippen LogP contribution in [0.1, 0.15) is 22.2 Å². The molecule has 5 heteroatoms. The van der Waals surface area contributed by atoms with Crippen LogP contribution in [0.2, 0.25) is 0 Å². The van der Waals surface area contributed by atoms with Crippen molar-refractivity contribution in [2.24, 2.45) is 11.8 Å². The van der Waals surface area contributed by atoms with E-state index in [4.69, 9.17) is 4.74 Å². The van der Waals surface area contributed by atoms with Crippen LogP contribution in [-0.4, -0.2) is 37.0 Å². The van der Waals surface area contributed by atoms with Crippen molar-refractivity contribution in [3.05, 3.63) is 21.9 Å². The van der Waals surface area contributed by atoms with Crippen LogP contribution in [0.5, 0.6) is 0 Å². The number of carbonyl (C=O) groups is 2. The van der Waals surface area contributed by atoms with Gasteiger partial charge in [-0.3, -0.25) is 9.59 Å². The molecule has 98 valence electrons. The Morgan fingerprint density at radius 1 is 1.44 bits per heavy atom. The Morgan fingerprint density at radius 3 is 2.72 bits per heavy atom. The van der Waals surface area contributed by atoms with E-state index >= 15 is 0 Å². The van der Waals surface area contributed by atoms with Gasteiger partial charge in [0, 0.05) is 13.1 Å². The van der Waals surface area contributed by atoms with E-state index in [1.807, 2.05) is 25.3 Å². The molecule has 1 aliphatic rings. The van der Waals surface area contributed by atoms with Gasteiger partial charge in [-0.15, -0.1) is 11.3 Å². The largest absolute Gasteiger partial charge is 0.469 e. The quantitative estimate of drug-likeness (QED) is 0.769. The Kier molecular flexibility index (Phi) is 3.71. The molecule has 1 aliphatic heterocycles. The van der Waals surface area contributed by atoms with Gasteiger partial charge in [0.1, 0.15) is 0 Å². The number of hydrogen-bond donors (Lipinski definition) is 0. The van der Waals surface area contributed by atoms with Gasteiger partial charge in [0.25, 0.3) is 5.91 Å². The van der Waals surface area contributed by atoms with E-state index in [9.17, 15) is 9.59 Å². The van der Waals surface area contributed by atoms with Gasteiger partial charge in [-0.2, -0.15) is 0 Å². The highest BCUT2D eigenvalue weighted by atomic mass is 32.1. The van der Waals surface area contributed by atoms with E-state index in [1.165, 1.54) is 18.4 Å². The van der Waals surface area contributed by atoms with E-state index in [2.05, 4.69) is 0 Å². The number of aryl methyl sites for hydroxylation is 1. The number of nitrogens with zero attached hydrogens (tertiary/aromatic N) is 1. The minimum Gasteiger partial charge on any atom is -0.469 e. The summed E-state index contributed by atoms with van der Waals surface area (Å²) in [6.45, 7) is 5.00. The number of hydrogen-bond acceptors (Lipinski definition) is 4. The zero-order valence-corrected chi connectivity index (χ0v) is 11.6. The molecular formula is C13H17NO3S. The van der Waals surface area contributed by atoms with Crippen molar-refractivity contribution in [2.45, 2.75) is 13.8 Å². The number of likely N-dealkylation sites (tertiary alicyclic amines) is 1. The summed E-state index contributed by atoms with van der Waals surface area (Å²) >= 11 is 1.45. The van der Waals surface area contributed by atoms with Crippen molar-refractivity contribution in [1.29, 1.82) is 0 Å². The lowest BCUT2D eigenvalue weighted by atomic mass is 9.99. The van der Waals surface area contributed by atoms with Gasteiger partial charge in [-0.1, -0.05) is 6.92 Å². The Bertz CT molecular complexity index is 469. The number of carbonyl (C=O) groups excluding carboxylic acids is 2. The second-order valence-electron chi connectivity index (χ2n) is 4.75. The molecule has 18 heavy (non-hydrogen) atoms. The van der Waals surface area contributed by atoms with Crippen LogP contribution in [0, 0.1) is 18.8 Å². The molecule has 2 atom stereocenters. The third kappa shape index (κ3) is 2.27. The summed E-state index contributed by atoms with van der Waals surface area (Å²) in [5.41, 5.74) is 0.999. The number of rotatable bonds is 2. The lowest BCUT2D eigenvalue weighted by molar-refractivity contribution is -0.145. The van der Waals surface area contributed by atoms with Gasteiger partial charge in [0.15, 0.2) is 0 Å². The first-order valence-corrected chi connectivity index (χ1v) is 6.83. The average molecular weight is 267 g/mol. The highest BCUT2D eigenvalue weighted by Gasteiger charge is 2.38. The van der Waals surface area contributed by atoms with Gasteiger partial charge in [-0.05, 0) is 29.9 Å². The maximum absolute atomic E-state index is 12.3. The third-order valence-electron chi connectivity index (χ3n) is 3.46. The fourth-order valence-electron chi connectivity index (χ4n) is 2.33. The molecule has 0 saturated carbocycles. The van der Waals surface area contributed by atoms with Crippen molar-refractivity contribution in [3.8, 4) is 0 Å². The summed E-state index contributed by atoms with van der Waals surface area (Å²) in [6, 6.07) is 1.94. The lowest BCUT2D eigenvalue weighted by Gasteiger charge is -2.15. The van der Waals surface area contributed by atoms with Gasteiger partial charge in [0.2, 0.25) is 0 Å². The summed E-state index contributed by atoms with van der Waals surface area (Å²) in [6.07, 6.45) is 0. The molecule has 0 aliphatic carbocycles. The second-order valence-corrected chi connectivity index (χ2v) is 5.67. The predicted molar refractivity (Wildman–Crippen MR) is 69.6 cm³/mol.